The van der Waals surface area contributed by atoms with Crippen LogP contribution in [0.2, 0.25) is 0 Å². The molecule has 5 heteroatoms. The Morgan fingerprint density at radius 1 is 1.25 bits per heavy atom. The van der Waals surface area contributed by atoms with Gasteiger partial charge in [0, 0.05) is 37.8 Å². The molecule has 0 unspecified atom stereocenters. The molecule has 0 atom stereocenters. The molecule has 0 N–H and O–H groups in total. The number of hydrogen-bond donors (Lipinski definition) is 0. The number of imidazole rings is 2. The van der Waals surface area contributed by atoms with Crippen molar-refractivity contribution < 1.29 is 0 Å². The molecule has 3 rings (SSSR count). The van der Waals surface area contributed by atoms with E-state index in [1.165, 1.54) is 11.1 Å². The first-order valence-corrected chi connectivity index (χ1v) is 7.29. The molecule has 0 saturated carbocycles. The van der Waals surface area contributed by atoms with Crippen LogP contribution >= 0.6 is 11.6 Å². The van der Waals surface area contributed by atoms with Gasteiger partial charge in [0.2, 0.25) is 0 Å². The third-order valence-corrected chi connectivity index (χ3v) is 3.63. The molecule has 20 heavy (non-hydrogen) atoms. The summed E-state index contributed by atoms with van der Waals surface area (Å²) in [5.74, 6) is 1.65. The van der Waals surface area contributed by atoms with Crippen LogP contribution in [0.3, 0.4) is 0 Å². The highest BCUT2D eigenvalue weighted by atomic mass is 35.5. The topological polar surface area (TPSA) is 35.6 Å². The lowest BCUT2D eigenvalue weighted by atomic mass is 10.2. The minimum Gasteiger partial charge on any atom is -0.336 e. The van der Waals surface area contributed by atoms with Gasteiger partial charge in [-0.1, -0.05) is 6.07 Å². The Labute approximate surface area is 123 Å². The van der Waals surface area contributed by atoms with Crippen LogP contribution in [-0.2, 0) is 19.5 Å². The first kappa shape index (κ1) is 13.2. The lowest BCUT2D eigenvalue weighted by molar-refractivity contribution is 0.572. The van der Waals surface area contributed by atoms with Gasteiger partial charge in [0.05, 0.1) is 17.4 Å². The van der Waals surface area contributed by atoms with Crippen molar-refractivity contribution >= 4 is 22.6 Å². The van der Waals surface area contributed by atoms with Crippen molar-refractivity contribution in [3.8, 4) is 0 Å². The third-order valence-electron chi connectivity index (χ3n) is 3.44. The number of fused-ring (bicyclic) bond motifs is 1. The predicted molar refractivity (Wildman–Crippen MR) is 81.1 cm³/mol. The van der Waals surface area contributed by atoms with Crippen molar-refractivity contribution in [1.29, 1.82) is 0 Å². The molecule has 4 nitrogen and oxygen atoms in total. The number of benzene rings is 1. The Bertz CT molecular complexity index is 700. The van der Waals surface area contributed by atoms with Crippen molar-refractivity contribution in [3.63, 3.8) is 0 Å². The summed E-state index contributed by atoms with van der Waals surface area (Å²) in [6, 6.07) is 6.37. The van der Waals surface area contributed by atoms with Gasteiger partial charge in [-0.25, -0.2) is 9.97 Å². The molecule has 1 aromatic carbocycles. The normalized spacial score (nSPS) is 11.3. The second kappa shape index (κ2) is 5.67. The predicted octanol–water partition coefficient (Wildman–Crippen LogP) is 3.02. The van der Waals surface area contributed by atoms with Crippen molar-refractivity contribution in [1.82, 2.24) is 19.1 Å². The van der Waals surface area contributed by atoms with Gasteiger partial charge >= 0.3 is 0 Å². The van der Waals surface area contributed by atoms with Crippen LogP contribution < -0.4 is 0 Å². The molecule has 0 fully saturated rings. The average molecular weight is 289 g/mol. The van der Waals surface area contributed by atoms with E-state index in [2.05, 4.69) is 39.2 Å². The van der Waals surface area contributed by atoms with Crippen LogP contribution in [0.4, 0.5) is 0 Å². The van der Waals surface area contributed by atoms with Gasteiger partial charge in [-0.2, -0.15) is 0 Å². The fourth-order valence-electron chi connectivity index (χ4n) is 2.44. The quantitative estimate of drug-likeness (QED) is 0.677. The van der Waals surface area contributed by atoms with Crippen LogP contribution in [0.1, 0.15) is 11.4 Å². The number of alkyl halides is 1. The molecule has 3 aromatic rings. The maximum atomic E-state index is 5.90. The smallest absolute Gasteiger partial charge is 0.111 e. The molecular formula is C15H17ClN4. The Morgan fingerprint density at radius 3 is 2.90 bits per heavy atom. The molecule has 0 bridgehead atoms. The van der Waals surface area contributed by atoms with Crippen LogP contribution in [0.15, 0.2) is 36.9 Å². The number of aromatic nitrogens is 4. The summed E-state index contributed by atoms with van der Waals surface area (Å²) in [4.78, 5) is 8.77. The van der Waals surface area contributed by atoms with Crippen LogP contribution in [0, 0.1) is 6.92 Å². The fourth-order valence-corrected chi connectivity index (χ4v) is 2.61. The van der Waals surface area contributed by atoms with E-state index in [9.17, 15) is 0 Å². The second-order valence-electron chi connectivity index (χ2n) is 4.91. The lowest BCUT2D eigenvalue weighted by Gasteiger charge is -2.09. The van der Waals surface area contributed by atoms with E-state index in [4.69, 9.17) is 16.6 Å². The number of nitrogens with zero attached hydrogens (tertiary/aromatic N) is 4. The van der Waals surface area contributed by atoms with Crippen molar-refractivity contribution in [2.45, 2.75) is 26.4 Å². The number of hydrogen-bond acceptors (Lipinski definition) is 2. The molecule has 2 aromatic heterocycles. The SMILES string of the molecule is Cc1ccc2nc(CCCl)n(CCn3ccnc3)c2c1. The highest BCUT2D eigenvalue weighted by Gasteiger charge is 2.10. The zero-order valence-corrected chi connectivity index (χ0v) is 12.2. The summed E-state index contributed by atoms with van der Waals surface area (Å²) in [5.41, 5.74) is 3.48. The molecule has 0 spiro atoms. The van der Waals surface area contributed by atoms with E-state index in [1.807, 2.05) is 12.5 Å². The first-order valence-electron chi connectivity index (χ1n) is 6.75. The minimum absolute atomic E-state index is 0.591. The Balaban J connectivity index is 1.96. The number of halogens is 1. The highest BCUT2D eigenvalue weighted by Crippen LogP contribution is 2.19. The third kappa shape index (κ3) is 2.56. The maximum Gasteiger partial charge on any atom is 0.111 e. The van der Waals surface area contributed by atoms with E-state index >= 15 is 0 Å². The van der Waals surface area contributed by atoms with E-state index in [0.29, 0.717) is 5.88 Å². The molecule has 104 valence electrons. The van der Waals surface area contributed by atoms with Gasteiger partial charge in [-0.05, 0) is 24.6 Å². The zero-order chi connectivity index (χ0) is 13.9. The van der Waals surface area contributed by atoms with Crippen molar-refractivity contribution in [3.05, 3.63) is 48.3 Å². The molecule has 0 amide bonds. The summed E-state index contributed by atoms with van der Waals surface area (Å²) in [6.07, 6.45) is 6.41. The minimum atomic E-state index is 0.591. The van der Waals surface area contributed by atoms with Crippen molar-refractivity contribution in [2.75, 3.05) is 5.88 Å². The fraction of sp³-hybridized carbons (Fsp3) is 0.333. The maximum absolute atomic E-state index is 5.90. The van der Waals surface area contributed by atoms with E-state index in [0.717, 1.165) is 30.9 Å². The van der Waals surface area contributed by atoms with Gasteiger partial charge in [0.25, 0.3) is 0 Å². The largest absolute Gasteiger partial charge is 0.336 e. The standard InChI is InChI=1S/C15H17ClN4/c1-12-2-3-13-14(10-12)20(15(18-13)4-5-16)9-8-19-7-6-17-11-19/h2-3,6-7,10-11H,4-5,8-9H2,1H3. The summed E-state index contributed by atoms with van der Waals surface area (Å²) in [5, 5.41) is 0. The first-order chi connectivity index (χ1) is 9.78. The summed E-state index contributed by atoms with van der Waals surface area (Å²) in [7, 11) is 0. The van der Waals surface area contributed by atoms with Gasteiger partial charge < -0.3 is 9.13 Å². The monoisotopic (exact) mass is 288 g/mol. The van der Waals surface area contributed by atoms with Crippen LogP contribution in [0.5, 0.6) is 0 Å². The second-order valence-corrected chi connectivity index (χ2v) is 5.29. The van der Waals surface area contributed by atoms with E-state index in [1.54, 1.807) is 6.20 Å². The number of rotatable bonds is 5. The molecular weight excluding hydrogens is 272 g/mol. The van der Waals surface area contributed by atoms with Gasteiger partial charge in [-0.3, -0.25) is 0 Å². The Morgan fingerprint density at radius 2 is 2.15 bits per heavy atom. The molecule has 0 aliphatic carbocycles. The molecule has 2 heterocycles. The molecule has 0 saturated heterocycles. The van der Waals surface area contributed by atoms with Crippen LogP contribution in [-0.4, -0.2) is 25.0 Å². The summed E-state index contributed by atoms with van der Waals surface area (Å²) in [6.45, 7) is 3.87. The van der Waals surface area contributed by atoms with E-state index < -0.39 is 0 Å². The Kier molecular flexibility index (Phi) is 3.74. The Hall–Kier alpha value is -1.81. The van der Waals surface area contributed by atoms with Crippen LogP contribution in [0.25, 0.3) is 11.0 Å². The lowest BCUT2D eigenvalue weighted by Crippen LogP contribution is -2.10. The van der Waals surface area contributed by atoms with Gasteiger partial charge in [0.1, 0.15) is 5.82 Å². The van der Waals surface area contributed by atoms with Gasteiger partial charge in [0.15, 0.2) is 0 Å². The van der Waals surface area contributed by atoms with E-state index in [-0.39, 0.29) is 0 Å². The number of aryl methyl sites for hydroxylation is 4. The van der Waals surface area contributed by atoms with Crippen molar-refractivity contribution in [2.24, 2.45) is 0 Å². The average Bonchev–Trinajstić information content (AvgIpc) is 3.04. The summed E-state index contributed by atoms with van der Waals surface area (Å²) < 4.78 is 4.34. The molecule has 0 aliphatic rings. The zero-order valence-electron chi connectivity index (χ0n) is 11.5. The summed E-state index contributed by atoms with van der Waals surface area (Å²) >= 11 is 5.90. The molecule has 0 radical (unpaired) electrons. The highest BCUT2D eigenvalue weighted by molar-refractivity contribution is 6.17. The van der Waals surface area contributed by atoms with Gasteiger partial charge in [-0.15, -0.1) is 11.6 Å². The molecule has 0 aliphatic heterocycles.